The highest BCUT2D eigenvalue weighted by atomic mass is 16.5. The Hall–Kier alpha value is -3.35. The molecule has 2 aromatic carbocycles. The van der Waals surface area contributed by atoms with Crippen molar-refractivity contribution in [2.45, 2.75) is 33.1 Å². The molecule has 1 atom stereocenters. The maximum Gasteiger partial charge on any atom is 0.242 e. The number of aliphatic imine (C=N–C) groups is 1. The van der Waals surface area contributed by atoms with Gasteiger partial charge in [0, 0.05) is 31.9 Å². The summed E-state index contributed by atoms with van der Waals surface area (Å²) in [6, 6.07) is 12.0. The molecular weight excluding hydrogens is 428 g/mol. The van der Waals surface area contributed by atoms with Crippen molar-refractivity contribution in [1.29, 1.82) is 0 Å². The first-order chi connectivity index (χ1) is 16.5. The molecule has 2 aliphatic heterocycles. The number of aryl methyl sites for hydroxylation is 2. The second-order valence-corrected chi connectivity index (χ2v) is 9.44. The lowest BCUT2D eigenvalue weighted by Crippen LogP contribution is -2.52. The molecule has 2 aromatic rings. The van der Waals surface area contributed by atoms with Crippen LogP contribution in [0.2, 0.25) is 0 Å². The second kappa shape index (κ2) is 9.12. The summed E-state index contributed by atoms with van der Waals surface area (Å²) in [6.45, 7) is 6.84. The number of amides is 2. The van der Waals surface area contributed by atoms with Crippen LogP contribution in [-0.4, -0.2) is 62.3 Å². The fourth-order valence-corrected chi connectivity index (χ4v) is 5.27. The maximum atomic E-state index is 13.6. The van der Waals surface area contributed by atoms with E-state index in [4.69, 9.17) is 9.73 Å². The number of anilines is 2. The first-order valence-corrected chi connectivity index (χ1v) is 12.1. The number of para-hydroxylation sites is 2. The maximum absolute atomic E-state index is 13.6. The van der Waals surface area contributed by atoms with Crippen LogP contribution in [0.5, 0.6) is 5.75 Å². The van der Waals surface area contributed by atoms with Crippen LogP contribution in [0.1, 0.15) is 30.4 Å². The van der Waals surface area contributed by atoms with E-state index in [0.29, 0.717) is 13.1 Å². The fourth-order valence-electron chi connectivity index (χ4n) is 5.27. The SMILES string of the molecule is COc1ccccc1N1CCN(C(=O)CN2C(=O)[C@H]3CCCC3=Nc3cc(C)c(C)cc32)CC1. The van der Waals surface area contributed by atoms with Crippen molar-refractivity contribution in [2.24, 2.45) is 10.9 Å². The first kappa shape index (κ1) is 22.4. The number of methoxy groups -OCH3 is 1. The topological polar surface area (TPSA) is 65.5 Å². The van der Waals surface area contributed by atoms with Crippen LogP contribution >= 0.6 is 0 Å². The quantitative estimate of drug-likeness (QED) is 0.695. The third-order valence-electron chi connectivity index (χ3n) is 7.39. The van der Waals surface area contributed by atoms with Crippen LogP contribution < -0.4 is 14.5 Å². The Morgan fingerprint density at radius 1 is 1.06 bits per heavy atom. The highest BCUT2D eigenvalue weighted by molar-refractivity contribution is 6.16. The minimum absolute atomic E-state index is 0.0132. The summed E-state index contributed by atoms with van der Waals surface area (Å²) >= 11 is 0. The Labute approximate surface area is 201 Å². The number of piperazine rings is 1. The molecular formula is C27H32N4O3. The van der Waals surface area contributed by atoms with Gasteiger partial charge in [-0.2, -0.15) is 0 Å². The molecule has 178 valence electrons. The van der Waals surface area contributed by atoms with Crippen molar-refractivity contribution in [3.05, 3.63) is 47.5 Å². The van der Waals surface area contributed by atoms with Crippen molar-refractivity contribution >= 4 is 34.6 Å². The number of ether oxygens (including phenoxy) is 1. The van der Waals surface area contributed by atoms with Crippen molar-refractivity contribution in [1.82, 2.24) is 4.90 Å². The molecule has 0 spiro atoms. The second-order valence-electron chi connectivity index (χ2n) is 9.44. The minimum atomic E-state index is -0.205. The number of fused-ring (bicyclic) bond motifs is 2. The van der Waals surface area contributed by atoms with E-state index in [1.165, 1.54) is 0 Å². The van der Waals surface area contributed by atoms with Gasteiger partial charge in [0.2, 0.25) is 11.8 Å². The monoisotopic (exact) mass is 460 g/mol. The smallest absolute Gasteiger partial charge is 0.242 e. The highest BCUT2D eigenvalue weighted by Gasteiger charge is 2.38. The van der Waals surface area contributed by atoms with E-state index in [-0.39, 0.29) is 24.3 Å². The van der Waals surface area contributed by atoms with Crippen molar-refractivity contribution in [3.8, 4) is 5.75 Å². The van der Waals surface area contributed by atoms with Crippen molar-refractivity contribution in [3.63, 3.8) is 0 Å². The lowest BCUT2D eigenvalue weighted by Gasteiger charge is -2.37. The van der Waals surface area contributed by atoms with Gasteiger partial charge in [-0.1, -0.05) is 12.1 Å². The summed E-state index contributed by atoms with van der Waals surface area (Å²) in [5.41, 5.74) is 5.83. The van der Waals surface area contributed by atoms with Gasteiger partial charge in [0.05, 0.1) is 30.1 Å². The molecule has 5 rings (SSSR count). The Bertz CT molecular complexity index is 1150. The van der Waals surface area contributed by atoms with Crippen molar-refractivity contribution in [2.75, 3.05) is 49.6 Å². The average molecular weight is 461 g/mol. The molecule has 1 aliphatic carbocycles. The molecule has 2 heterocycles. The van der Waals surface area contributed by atoms with E-state index < -0.39 is 0 Å². The number of hydrogen-bond acceptors (Lipinski definition) is 5. The average Bonchev–Trinajstić information content (AvgIpc) is 3.29. The molecule has 0 N–H and O–H groups in total. The normalized spacial score (nSPS) is 20.0. The van der Waals surface area contributed by atoms with Gasteiger partial charge in [-0.3, -0.25) is 14.6 Å². The minimum Gasteiger partial charge on any atom is -0.495 e. The Morgan fingerprint density at radius 3 is 2.56 bits per heavy atom. The summed E-state index contributed by atoms with van der Waals surface area (Å²) in [5.74, 6) is 0.633. The molecule has 2 fully saturated rings. The van der Waals surface area contributed by atoms with Gasteiger partial charge in [-0.25, -0.2) is 0 Å². The highest BCUT2D eigenvalue weighted by Crippen LogP contribution is 2.39. The Morgan fingerprint density at radius 2 is 1.79 bits per heavy atom. The Balaban J connectivity index is 1.34. The lowest BCUT2D eigenvalue weighted by atomic mass is 10.0. The molecule has 34 heavy (non-hydrogen) atoms. The number of carbonyl (C=O) groups is 2. The molecule has 2 amide bonds. The summed E-state index contributed by atoms with van der Waals surface area (Å²) in [6.07, 6.45) is 2.64. The third-order valence-corrected chi connectivity index (χ3v) is 7.39. The van der Waals surface area contributed by atoms with E-state index in [9.17, 15) is 9.59 Å². The predicted molar refractivity (Wildman–Crippen MR) is 134 cm³/mol. The van der Waals surface area contributed by atoms with E-state index in [0.717, 1.165) is 72.0 Å². The zero-order valence-corrected chi connectivity index (χ0v) is 20.2. The van der Waals surface area contributed by atoms with Gasteiger partial charge in [0.1, 0.15) is 12.3 Å². The lowest BCUT2D eigenvalue weighted by molar-refractivity contribution is -0.132. The van der Waals surface area contributed by atoms with Gasteiger partial charge in [0.25, 0.3) is 0 Å². The van der Waals surface area contributed by atoms with E-state index >= 15 is 0 Å². The fraction of sp³-hybridized carbons (Fsp3) is 0.444. The number of carbonyl (C=O) groups excluding carboxylic acids is 2. The molecule has 1 saturated carbocycles. The van der Waals surface area contributed by atoms with Crippen LogP contribution in [0.15, 0.2) is 41.4 Å². The first-order valence-electron chi connectivity index (χ1n) is 12.1. The number of hydrogen-bond donors (Lipinski definition) is 0. The van der Waals surface area contributed by atoms with Crippen LogP contribution in [-0.2, 0) is 9.59 Å². The zero-order chi connectivity index (χ0) is 23.8. The van der Waals surface area contributed by atoms with E-state index in [1.54, 1.807) is 12.0 Å². The van der Waals surface area contributed by atoms with Crippen LogP contribution in [0.3, 0.4) is 0 Å². The van der Waals surface area contributed by atoms with Gasteiger partial charge < -0.3 is 19.4 Å². The standard InChI is InChI=1S/C27H32N4O3/c1-18-15-22-24(16-19(18)2)31(27(33)20-7-6-8-21(20)28-22)17-26(32)30-13-11-29(12-14-30)23-9-4-5-10-25(23)34-3/h4-5,9-10,15-16,20H,6-8,11-14,17H2,1-3H3/t20-/m0/s1. The van der Waals surface area contributed by atoms with Gasteiger partial charge in [-0.05, 0) is 68.5 Å². The number of nitrogens with zero attached hydrogens (tertiary/aromatic N) is 4. The Kier molecular flexibility index (Phi) is 6.02. The summed E-state index contributed by atoms with van der Waals surface area (Å²) in [5, 5.41) is 0. The molecule has 0 bridgehead atoms. The van der Waals surface area contributed by atoms with Gasteiger partial charge >= 0.3 is 0 Å². The van der Waals surface area contributed by atoms with Crippen LogP contribution in [0.4, 0.5) is 17.1 Å². The summed E-state index contributed by atoms with van der Waals surface area (Å²) in [4.78, 5) is 37.7. The van der Waals surface area contributed by atoms with Crippen molar-refractivity contribution < 1.29 is 14.3 Å². The number of benzene rings is 2. The third kappa shape index (κ3) is 4.04. The molecule has 0 aromatic heterocycles. The molecule has 1 saturated heterocycles. The summed E-state index contributed by atoms with van der Waals surface area (Å²) in [7, 11) is 1.68. The van der Waals surface area contributed by atoms with Gasteiger partial charge in [0.15, 0.2) is 0 Å². The molecule has 0 radical (unpaired) electrons. The number of rotatable bonds is 4. The largest absolute Gasteiger partial charge is 0.495 e. The predicted octanol–water partition coefficient (Wildman–Crippen LogP) is 3.88. The molecule has 0 unspecified atom stereocenters. The van der Waals surface area contributed by atoms with E-state index in [1.807, 2.05) is 42.2 Å². The van der Waals surface area contributed by atoms with Crippen LogP contribution in [0.25, 0.3) is 0 Å². The zero-order valence-electron chi connectivity index (χ0n) is 20.2. The molecule has 7 heteroatoms. The molecule has 3 aliphatic rings. The van der Waals surface area contributed by atoms with Gasteiger partial charge in [-0.15, -0.1) is 0 Å². The van der Waals surface area contributed by atoms with Crippen LogP contribution in [0, 0.1) is 19.8 Å². The molecule has 7 nitrogen and oxygen atoms in total. The van der Waals surface area contributed by atoms with E-state index in [2.05, 4.69) is 17.9 Å². The summed E-state index contributed by atoms with van der Waals surface area (Å²) < 4.78 is 5.51.